The second-order valence-corrected chi connectivity index (χ2v) is 5.71. The van der Waals surface area contributed by atoms with Gasteiger partial charge in [-0.3, -0.25) is 9.59 Å². The van der Waals surface area contributed by atoms with Gasteiger partial charge >= 0.3 is 0 Å². The quantitative estimate of drug-likeness (QED) is 0.670. The molecule has 1 fully saturated rings. The van der Waals surface area contributed by atoms with Crippen LogP contribution in [-0.2, 0) is 9.59 Å². The van der Waals surface area contributed by atoms with Crippen LogP contribution in [-0.4, -0.2) is 30.4 Å². The number of carbonyl (C=O) groups is 2. The zero-order valence-corrected chi connectivity index (χ0v) is 12.1. The molecule has 0 heterocycles. The number of nitrogens with two attached hydrogens (primary N) is 1. The summed E-state index contributed by atoms with van der Waals surface area (Å²) in [4.78, 5) is 23.5. The summed E-state index contributed by atoms with van der Waals surface area (Å²) >= 11 is 0. The minimum atomic E-state index is -0.739. The van der Waals surface area contributed by atoms with Crippen molar-refractivity contribution in [3.05, 3.63) is 0 Å². The van der Waals surface area contributed by atoms with E-state index in [9.17, 15) is 9.59 Å². The first-order valence-electron chi connectivity index (χ1n) is 7.32. The number of nitrogens with one attached hydrogen (secondary N) is 2. The third-order valence-electron chi connectivity index (χ3n) is 3.69. The summed E-state index contributed by atoms with van der Waals surface area (Å²) in [7, 11) is 0. The van der Waals surface area contributed by atoms with E-state index in [1.54, 1.807) is 0 Å². The van der Waals surface area contributed by atoms with Crippen LogP contribution in [0.5, 0.6) is 0 Å². The molecule has 2 unspecified atom stereocenters. The minimum Gasteiger partial charge on any atom is -0.356 e. The first-order chi connectivity index (χ1) is 8.98. The van der Waals surface area contributed by atoms with Crippen LogP contribution in [0.4, 0.5) is 0 Å². The topological polar surface area (TPSA) is 84.2 Å². The molecule has 110 valence electrons. The van der Waals surface area contributed by atoms with Gasteiger partial charge in [0.2, 0.25) is 11.8 Å². The van der Waals surface area contributed by atoms with Gasteiger partial charge in [0.05, 0.1) is 5.54 Å². The van der Waals surface area contributed by atoms with Gasteiger partial charge in [-0.25, -0.2) is 0 Å². The molecule has 0 aromatic rings. The van der Waals surface area contributed by atoms with E-state index < -0.39 is 5.54 Å². The smallest absolute Gasteiger partial charge is 0.240 e. The summed E-state index contributed by atoms with van der Waals surface area (Å²) in [5, 5.41) is 5.58. The molecular formula is C14H27N3O2. The molecule has 19 heavy (non-hydrogen) atoms. The van der Waals surface area contributed by atoms with Crippen LogP contribution < -0.4 is 16.4 Å². The monoisotopic (exact) mass is 269 g/mol. The van der Waals surface area contributed by atoms with E-state index in [-0.39, 0.29) is 11.8 Å². The largest absolute Gasteiger partial charge is 0.356 e. The fourth-order valence-electron chi connectivity index (χ4n) is 2.62. The van der Waals surface area contributed by atoms with Gasteiger partial charge in [0.25, 0.3) is 0 Å². The fraction of sp³-hybridized carbons (Fsp3) is 0.857. The maximum absolute atomic E-state index is 12.1. The Morgan fingerprint density at radius 2 is 2.05 bits per heavy atom. The van der Waals surface area contributed by atoms with Gasteiger partial charge in [-0.2, -0.15) is 0 Å². The lowest BCUT2D eigenvalue weighted by molar-refractivity contribution is -0.128. The molecule has 0 saturated heterocycles. The van der Waals surface area contributed by atoms with E-state index in [1.807, 2.05) is 6.92 Å². The second-order valence-electron chi connectivity index (χ2n) is 5.71. The average Bonchev–Trinajstić information content (AvgIpc) is 2.36. The van der Waals surface area contributed by atoms with E-state index in [0.29, 0.717) is 25.4 Å². The molecule has 1 aliphatic rings. The van der Waals surface area contributed by atoms with Crippen LogP contribution in [0.15, 0.2) is 0 Å². The fourth-order valence-corrected chi connectivity index (χ4v) is 2.62. The Morgan fingerprint density at radius 3 is 2.68 bits per heavy atom. The highest BCUT2D eigenvalue weighted by Crippen LogP contribution is 2.30. The van der Waals surface area contributed by atoms with Crippen LogP contribution in [0, 0.1) is 5.92 Å². The van der Waals surface area contributed by atoms with Crippen molar-refractivity contribution in [2.45, 2.75) is 57.9 Å². The number of carbonyl (C=O) groups excluding carboxylic acids is 2. The van der Waals surface area contributed by atoms with E-state index >= 15 is 0 Å². The van der Waals surface area contributed by atoms with E-state index in [1.165, 1.54) is 0 Å². The summed E-state index contributed by atoms with van der Waals surface area (Å²) < 4.78 is 0. The predicted octanol–water partition coefficient (Wildman–Crippen LogP) is 0.927. The summed E-state index contributed by atoms with van der Waals surface area (Å²) in [6, 6.07) is 0. The Bertz CT molecular complexity index is 320. The Kier molecular flexibility index (Phi) is 6.28. The highest BCUT2D eigenvalue weighted by molar-refractivity contribution is 5.86. The Morgan fingerprint density at radius 1 is 1.32 bits per heavy atom. The van der Waals surface area contributed by atoms with Gasteiger partial charge in [0, 0.05) is 19.5 Å². The van der Waals surface area contributed by atoms with Crippen LogP contribution in [0.2, 0.25) is 0 Å². The van der Waals surface area contributed by atoms with Crippen molar-refractivity contribution >= 4 is 11.8 Å². The van der Waals surface area contributed by atoms with Gasteiger partial charge in [-0.1, -0.05) is 26.7 Å². The molecule has 0 bridgehead atoms. The number of hydrogen-bond donors (Lipinski definition) is 3. The van der Waals surface area contributed by atoms with Crippen molar-refractivity contribution in [1.82, 2.24) is 10.6 Å². The van der Waals surface area contributed by atoms with E-state index in [0.717, 1.165) is 32.1 Å². The standard InChI is InChI=1S/C14H27N3O2/c1-3-8-16-12(18)6-9-17-13(19)14(15)7-4-5-11(2)10-14/h11H,3-10,15H2,1-2H3,(H,16,18)(H,17,19). The maximum atomic E-state index is 12.1. The highest BCUT2D eigenvalue weighted by atomic mass is 16.2. The van der Waals surface area contributed by atoms with Gasteiger partial charge < -0.3 is 16.4 Å². The lowest BCUT2D eigenvalue weighted by Crippen LogP contribution is -2.56. The van der Waals surface area contributed by atoms with Crippen molar-refractivity contribution in [3.8, 4) is 0 Å². The SMILES string of the molecule is CCCNC(=O)CCNC(=O)C1(N)CCCC(C)C1. The van der Waals surface area contributed by atoms with Crippen LogP contribution in [0.25, 0.3) is 0 Å². The number of rotatable bonds is 6. The van der Waals surface area contributed by atoms with E-state index in [4.69, 9.17) is 5.73 Å². The van der Waals surface area contributed by atoms with Crippen molar-refractivity contribution < 1.29 is 9.59 Å². The lowest BCUT2D eigenvalue weighted by atomic mass is 9.76. The lowest BCUT2D eigenvalue weighted by Gasteiger charge is -2.35. The Labute approximate surface area is 115 Å². The van der Waals surface area contributed by atoms with Gasteiger partial charge in [-0.05, 0) is 25.2 Å². The Hall–Kier alpha value is -1.10. The third-order valence-corrected chi connectivity index (χ3v) is 3.69. The summed E-state index contributed by atoms with van der Waals surface area (Å²) in [5.41, 5.74) is 5.44. The maximum Gasteiger partial charge on any atom is 0.240 e. The first-order valence-corrected chi connectivity index (χ1v) is 7.32. The second kappa shape index (κ2) is 7.48. The van der Waals surface area contributed by atoms with Crippen molar-refractivity contribution in [3.63, 3.8) is 0 Å². The molecule has 0 radical (unpaired) electrons. The zero-order chi connectivity index (χ0) is 14.3. The zero-order valence-electron chi connectivity index (χ0n) is 12.1. The highest BCUT2D eigenvalue weighted by Gasteiger charge is 2.37. The Balaban J connectivity index is 2.28. The molecule has 1 rings (SSSR count). The van der Waals surface area contributed by atoms with Crippen LogP contribution in [0.3, 0.4) is 0 Å². The predicted molar refractivity (Wildman–Crippen MR) is 75.5 cm³/mol. The number of amides is 2. The van der Waals surface area contributed by atoms with Crippen molar-refractivity contribution in [2.75, 3.05) is 13.1 Å². The molecule has 1 aliphatic carbocycles. The van der Waals surface area contributed by atoms with Crippen molar-refractivity contribution in [2.24, 2.45) is 11.7 Å². The third kappa shape index (κ3) is 5.19. The summed E-state index contributed by atoms with van der Waals surface area (Å²) in [6.07, 6.45) is 4.86. The van der Waals surface area contributed by atoms with Gasteiger partial charge in [0.1, 0.15) is 0 Å². The molecule has 0 aliphatic heterocycles. The number of hydrogen-bond acceptors (Lipinski definition) is 3. The molecule has 5 heteroatoms. The van der Waals surface area contributed by atoms with Crippen LogP contribution in [0.1, 0.15) is 52.4 Å². The molecule has 2 atom stereocenters. The van der Waals surface area contributed by atoms with Gasteiger partial charge in [-0.15, -0.1) is 0 Å². The molecule has 5 nitrogen and oxygen atoms in total. The van der Waals surface area contributed by atoms with Gasteiger partial charge in [0.15, 0.2) is 0 Å². The summed E-state index contributed by atoms with van der Waals surface area (Å²) in [5.74, 6) is 0.366. The molecule has 0 aromatic carbocycles. The molecule has 1 saturated carbocycles. The normalized spacial score (nSPS) is 26.8. The average molecular weight is 269 g/mol. The molecular weight excluding hydrogens is 242 g/mol. The summed E-state index contributed by atoms with van der Waals surface area (Å²) in [6.45, 7) is 5.18. The van der Waals surface area contributed by atoms with Crippen LogP contribution >= 0.6 is 0 Å². The molecule has 0 aromatic heterocycles. The van der Waals surface area contributed by atoms with E-state index in [2.05, 4.69) is 17.6 Å². The molecule has 4 N–H and O–H groups in total. The minimum absolute atomic E-state index is 0.0229. The first kappa shape index (κ1) is 16.0. The molecule has 0 spiro atoms. The molecule has 2 amide bonds. The van der Waals surface area contributed by atoms with Crippen molar-refractivity contribution in [1.29, 1.82) is 0 Å².